The van der Waals surface area contributed by atoms with Gasteiger partial charge in [0, 0.05) is 46.4 Å². The van der Waals surface area contributed by atoms with Crippen LogP contribution in [0.3, 0.4) is 0 Å². The van der Waals surface area contributed by atoms with Crippen LogP contribution in [-0.2, 0) is 14.3 Å². The molecule has 44 heavy (non-hydrogen) atoms. The second-order valence-corrected chi connectivity index (χ2v) is 12.3. The molecule has 4 atom stereocenters. The molecule has 1 aliphatic heterocycles. The van der Waals surface area contributed by atoms with Crippen molar-refractivity contribution in [3.05, 3.63) is 98.7 Å². The summed E-state index contributed by atoms with van der Waals surface area (Å²) >= 11 is 9.75. The zero-order valence-corrected chi connectivity index (χ0v) is 26.4. The topological polar surface area (TPSA) is 91.8 Å². The highest BCUT2D eigenvalue weighted by atomic mass is 79.9. The average molecular weight is 697 g/mol. The Labute approximate surface area is 267 Å². The van der Waals surface area contributed by atoms with Crippen LogP contribution in [0.15, 0.2) is 71.3 Å². The summed E-state index contributed by atoms with van der Waals surface area (Å²) in [5.74, 6) is -2.61. The summed E-state index contributed by atoms with van der Waals surface area (Å²) in [7, 11) is 0. The second kappa shape index (κ2) is 15.3. The van der Waals surface area contributed by atoms with Gasteiger partial charge >= 0.3 is 12.1 Å². The van der Waals surface area contributed by atoms with Gasteiger partial charge in [-0.05, 0) is 85.2 Å². The van der Waals surface area contributed by atoms with Crippen molar-refractivity contribution >= 4 is 39.4 Å². The lowest BCUT2D eigenvalue weighted by atomic mass is 9.72. The van der Waals surface area contributed by atoms with Crippen LogP contribution in [-0.4, -0.2) is 65.4 Å². The Hall–Kier alpha value is -2.99. The molecule has 12 heteroatoms. The average Bonchev–Trinajstić information content (AvgIpc) is 3.01. The Bertz CT molecular complexity index is 1400. The summed E-state index contributed by atoms with van der Waals surface area (Å²) in [6.07, 6.45) is -0.431. The van der Waals surface area contributed by atoms with Crippen LogP contribution in [0.2, 0.25) is 5.02 Å². The van der Waals surface area contributed by atoms with Gasteiger partial charge in [0.15, 0.2) is 0 Å². The van der Waals surface area contributed by atoms with Crippen LogP contribution in [0.5, 0.6) is 0 Å². The summed E-state index contributed by atoms with van der Waals surface area (Å²) in [5, 5.41) is 11.2. The maximum Gasteiger partial charge on any atom is 0.490 e. The van der Waals surface area contributed by atoms with Gasteiger partial charge in [0.1, 0.15) is 0 Å². The maximum atomic E-state index is 14.0. The molecule has 3 aromatic rings. The van der Waals surface area contributed by atoms with Gasteiger partial charge in [0.25, 0.3) is 0 Å². The highest BCUT2D eigenvalue weighted by Crippen LogP contribution is 2.41. The van der Waals surface area contributed by atoms with Crippen LogP contribution >= 0.6 is 27.5 Å². The number of halogens is 5. The quantitative estimate of drug-likeness (QED) is 0.291. The predicted molar refractivity (Wildman–Crippen MR) is 165 cm³/mol. The molecule has 0 bridgehead atoms. The molecule has 1 unspecified atom stereocenters. The van der Waals surface area contributed by atoms with Gasteiger partial charge in [-0.2, -0.15) is 13.2 Å². The third kappa shape index (κ3) is 9.26. The van der Waals surface area contributed by atoms with Crippen molar-refractivity contribution in [3.8, 4) is 0 Å². The van der Waals surface area contributed by atoms with Crippen molar-refractivity contribution in [1.29, 1.82) is 0 Å². The monoisotopic (exact) mass is 695 g/mol. The van der Waals surface area contributed by atoms with Crippen molar-refractivity contribution in [2.24, 2.45) is 5.92 Å². The molecule has 236 valence electrons. The van der Waals surface area contributed by atoms with Crippen LogP contribution < -0.4 is 5.32 Å². The number of nitrogens with one attached hydrogen (secondary N) is 1. The number of carbonyl (C=O) groups is 2. The minimum atomic E-state index is -5.08. The first-order valence-electron chi connectivity index (χ1n) is 14.3. The number of ether oxygens (including phenoxy) is 1. The van der Waals surface area contributed by atoms with E-state index in [9.17, 15) is 18.0 Å². The molecular formula is C32H34BrClF3N3O4. The molecule has 0 spiro atoms. The smallest absolute Gasteiger partial charge is 0.475 e. The fourth-order valence-corrected chi connectivity index (χ4v) is 6.22. The molecule has 0 radical (unpaired) electrons. The van der Waals surface area contributed by atoms with Crippen molar-refractivity contribution in [3.63, 3.8) is 0 Å². The minimum absolute atomic E-state index is 0.0998. The molecule has 5 rings (SSSR count). The Morgan fingerprint density at radius 3 is 2.27 bits per heavy atom. The van der Waals surface area contributed by atoms with E-state index in [0.717, 1.165) is 66.9 Å². The molecule has 1 aromatic heterocycles. The number of carboxylic acid groups (broad SMARTS) is 1. The number of hydrogen-bond donors (Lipinski definition) is 2. The maximum absolute atomic E-state index is 14.0. The minimum Gasteiger partial charge on any atom is -0.475 e. The number of aromatic nitrogens is 1. The normalized spacial score (nSPS) is 21.5. The van der Waals surface area contributed by atoms with Crippen LogP contribution in [0.4, 0.5) is 13.2 Å². The van der Waals surface area contributed by atoms with Crippen molar-refractivity contribution < 1.29 is 32.6 Å². The molecule has 1 saturated carbocycles. The van der Waals surface area contributed by atoms with E-state index in [2.05, 4.69) is 55.4 Å². The van der Waals surface area contributed by atoms with Gasteiger partial charge in [-0.1, -0.05) is 51.8 Å². The zero-order chi connectivity index (χ0) is 31.9. The number of aliphatic carboxylic acids is 1. The van der Waals surface area contributed by atoms with Crippen LogP contribution in [0.25, 0.3) is 0 Å². The number of morpholine rings is 1. The number of rotatable bonds is 6. The number of amides is 1. The molecule has 1 saturated heterocycles. The summed E-state index contributed by atoms with van der Waals surface area (Å²) in [4.78, 5) is 29.9. The molecule has 1 amide bonds. The van der Waals surface area contributed by atoms with E-state index in [1.165, 1.54) is 5.56 Å². The second-order valence-electron chi connectivity index (χ2n) is 10.9. The lowest BCUT2D eigenvalue weighted by Crippen LogP contribution is -2.48. The first-order chi connectivity index (χ1) is 20.9. The fourth-order valence-electron chi connectivity index (χ4n) is 5.83. The molecule has 2 aliphatic rings. The third-order valence-electron chi connectivity index (χ3n) is 8.01. The van der Waals surface area contributed by atoms with Crippen molar-refractivity contribution in [2.45, 2.75) is 50.4 Å². The molecule has 1 aliphatic carbocycles. The van der Waals surface area contributed by atoms with Crippen molar-refractivity contribution in [2.75, 3.05) is 26.3 Å². The largest absolute Gasteiger partial charge is 0.490 e. The fraction of sp³-hybridized carbons (Fsp3) is 0.406. The Morgan fingerprint density at radius 2 is 1.68 bits per heavy atom. The first-order valence-corrected chi connectivity index (χ1v) is 15.4. The summed E-state index contributed by atoms with van der Waals surface area (Å²) in [6.45, 7) is 5.49. The van der Waals surface area contributed by atoms with Gasteiger partial charge in [-0.3, -0.25) is 14.7 Å². The van der Waals surface area contributed by atoms with Crippen LogP contribution in [0.1, 0.15) is 53.6 Å². The van der Waals surface area contributed by atoms with E-state index in [1.807, 2.05) is 43.3 Å². The van der Waals surface area contributed by atoms with Gasteiger partial charge < -0.3 is 15.2 Å². The Balaban J connectivity index is 0.000000566. The van der Waals surface area contributed by atoms with Gasteiger partial charge in [0.2, 0.25) is 5.91 Å². The predicted octanol–water partition coefficient (Wildman–Crippen LogP) is 6.93. The number of carboxylic acids is 1. The summed E-state index contributed by atoms with van der Waals surface area (Å²) < 4.78 is 38.4. The van der Waals surface area contributed by atoms with Gasteiger partial charge in [-0.25, -0.2) is 4.79 Å². The highest BCUT2D eigenvalue weighted by molar-refractivity contribution is 9.10. The molecule has 7 nitrogen and oxygen atoms in total. The number of alkyl halides is 3. The Morgan fingerprint density at radius 1 is 1.05 bits per heavy atom. The lowest BCUT2D eigenvalue weighted by Gasteiger charge is -2.42. The number of hydrogen-bond acceptors (Lipinski definition) is 5. The number of carbonyl (C=O) groups excluding carboxylic acids is 1. The highest BCUT2D eigenvalue weighted by Gasteiger charge is 2.39. The summed E-state index contributed by atoms with van der Waals surface area (Å²) in [6, 6.07) is 20.5. The van der Waals surface area contributed by atoms with E-state index in [-0.39, 0.29) is 23.8 Å². The molecule has 2 aromatic carbocycles. The molecule has 2 fully saturated rings. The van der Waals surface area contributed by atoms with E-state index >= 15 is 0 Å². The molecular weight excluding hydrogens is 663 g/mol. The standard InChI is InChI=1S/C30H33BrClN3O2.C2HF3O2/c1-20-18-23(12-13-33-20)29(22-4-8-25(32)9-5-22)34-30(36)27-11-10-26(35-14-16-37-17-15-35)19-28(27)21-2-6-24(31)7-3-21;3-2(4,5)1(6)7/h2-9,12-13,18,26-29H,10-11,14-17,19H2,1H3,(H,34,36);(H,6,7)/t26-,27-,28+,29?;/m1./s1. The summed E-state index contributed by atoms with van der Waals surface area (Å²) in [5.41, 5.74) is 4.17. The first kappa shape index (κ1) is 33.9. The molecule has 2 heterocycles. The van der Waals surface area contributed by atoms with E-state index in [1.54, 1.807) is 6.20 Å². The van der Waals surface area contributed by atoms with E-state index in [0.29, 0.717) is 11.1 Å². The van der Waals surface area contributed by atoms with Crippen molar-refractivity contribution in [1.82, 2.24) is 15.2 Å². The SMILES string of the molecule is Cc1cc(C(NC(=O)[C@@H]2CC[C@@H](N3CCOCC3)C[C@H]2c2ccc(Br)cc2)c2ccc(Cl)cc2)ccn1.O=C(O)C(F)(F)F. The number of nitrogens with zero attached hydrogens (tertiary/aromatic N) is 2. The van der Waals surface area contributed by atoms with E-state index < -0.39 is 12.1 Å². The number of aryl methyl sites for hydroxylation is 1. The van der Waals surface area contributed by atoms with E-state index in [4.69, 9.17) is 26.2 Å². The number of pyridine rings is 1. The third-order valence-corrected chi connectivity index (χ3v) is 8.79. The van der Waals surface area contributed by atoms with Gasteiger partial charge in [-0.15, -0.1) is 0 Å². The molecule has 2 N–H and O–H groups in total. The zero-order valence-electron chi connectivity index (χ0n) is 24.1. The number of benzene rings is 2. The lowest BCUT2D eigenvalue weighted by molar-refractivity contribution is -0.192. The van der Waals surface area contributed by atoms with Gasteiger partial charge in [0.05, 0.1) is 19.3 Å². The van der Waals surface area contributed by atoms with Crippen LogP contribution in [0, 0.1) is 12.8 Å². The Kier molecular flexibility index (Phi) is 11.8.